The van der Waals surface area contributed by atoms with Gasteiger partial charge in [-0.05, 0) is 36.4 Å². The standard InChI is InChI=1S/C14H11BrClNO3S/c1-21(19,20)11-4-2-3-10(8-11)17-14(18)12-6-5-9(15)7-13(12)16/h2-8H,1H3,(H,17,18). The highest BCUT2D eigenvalue weighted by atomic mass is 79.9. The highest BCUT2D eigenvalue weighted by Crippen LogP contribution is 2.23. The molecule has 0 aliphatic heterocycles. The van der Waals surface area contributed by atoms with Crippen molar-refractivity contribution < 1.29 is 13.2 Å². The molecule has 21 heavy (non-hydrogen) atoms. The van der Waals surface area contributed by atoms with Crippen molar-refractivity contribution in [2.75, 3.05) is 11.6 Å². The van der Waals surface area contributed by atoms with Crippen LogP contribution in [-0.2, 0) is 9.84 Å². The molecule has 0 aromatic heterocycles. The van der Waals surface area contributed by atoms with E-state index < -0.39 is 15.7 Å². The van der Waals surface area contributed by atoms with Gasteiger partial charge in [0, 0.05) is 16.4 Å². The van der Waals surface area contributed by atoms with Crippen molar-refractivity contribution in [3.05, 3.63) is 57.5 Å². The lowest BCUT2D eigenvalue weighted by atomic mass is 10.2. The van der Waals surface area contributed by atoms with E-state index in [4.69, 9.17) is 11.6 Å². The lowest BCUT2D eigenvalue weighted by molar-refractivity contribution is 0.102. The number of carbonyl (C=O) groups is 1. The average molecular weight is 389 g/mol. The topological polar surface area (TPSA) is 63.2 Å². The van der Waals surface area contributed by atoms with Crippen molar-refractivity contribution in [2.45, 2.75) is 4.90 Å². The van der Waals surface area contributed by atoms with Gasteiger partial charge < -0.3 is 5.32 Å². The summed E-state index contributed by atoms with van der Waals surface area (Å²) < 4.78 is 23.8. The lowest BCUT2D eigenvalue weighted by Gasteiger charge is -2.08. The van der Waals surface area contributed by atoms with E-state index in [1.165, 1.54) is 12.1 Å². The van der Waals surface area contributed by atoms with Crippen LogP contribution in [0.1, 0.15) is 10.4 Å². The molecule has 0 saturated heterocycles. The van der Waals surface area contributed by atoms with Gasteiger partial charge in [-0.25, -0.2) is 8.42 Å². The largest absolute Gasteiger partial charge is 0.322 e. The van der Waals surface area contributed by atoms with Crippen molar-refractivity contribution >= 4 is 49.0 Å². The molecule has 0 heterocycles. The first-order valence-corrected chi connectivity index (χ1v) is 8.90. The number of hydrogen-bond donors (Lipinski definition) is 1. The molecule has 2 rings (SSSR count). The fourth-order valence-corrected chi connectivity index (χ4v) is 3.10. The molecular formula is C14H11BrClNO3S. The van der Waals surface area contributed by atoms with Crippen molar-refractivity contribution in [2.24, 2.45) is 0 Å². The fraction of sp³-hybridized carbons (Fsp3) is 0.0714. The van der Waals surface area contributed by atoms with Crippen LogP contribution in [0, 0.1) is 0 Å². The number of amides is 1. The Bertz CT molecular complexity index is 806. The summed E-state index contributed by atoms with van der Waals surface area (Å²) in [7, 11) is -3.32. The summed E-state index contributed by atoms with van der Waals surface area (Å²) in [5, 5.41) is 2.93. The second kappa shape index (κ2) is 6.17. The quantitative estimate of drug-likeness (QED) is 0.871. The van der Waals surface area contributed by atoms with Crippen LogP contribution in [0.5, 0.6) is 0 Å². The van der Waals surface area contributed by atoms with Crippen LogP contribution in [0.25, 0.3) is 0 Å². The molecule has 0 aliphatic carbocycles. The maximum atomic E-state index is 12.1. The van der Waals surface area contributed by atoms with Gasteiger partial charge in [-0.15, -0.1) is 0 Å². The molecular weight excluding hydrogens is 378 g/mol. The number of sulfone groups is 1. The number of nitrogens with one attached hydrogen (secondary N) is 1. The van der Waals surface area contributed by atoms with E-state index in [9.17, 15) is 13.2 Å². The van der Waals surface area contributed by atoms with Crippen LogP contribution in [0.2, 0.25) is 5.02 Å². The Morgan fingerprint density at radius 3 is 2.52 bits per heavy atom. The summed E-state index contributed by atoms with van der Waals surface area (Å²) in [5.41, 5.74) is 0.700. The molecule has 2 aromatic rings. The molecule has 0 bridgehead atoms. The number of rotatable bonds is 3. The Labute approximate surface area is 136 Å². The van der Waals surface area contributed by atoms with Crippen LogP contribution < -0.4 is 5.32 Å². The predicted octanol–water partition coefficient (Wildman–Crippen LogP) is 3.76. The van der Waals surface area contributed by atoms with Gasteiger partial charge in [-0.2, -0.15) is 0 Å². The van der Waals surface area contributed by atoms with Crippen molar-refractivity contribution in [1.29, 1.82) is 0 Å². The van der Waals surface area contributed by atoms with E-state index in [0.29, 0.717) is 16.3 Å². The maximum absolute atomic E-state index is 12.1. The first kappa shape index (κ1) is 16.0. The molecule has 0 unspecified atom stereocenters. The van der Waals surface area contributed by atoms with Crippen LogP contribution >= 0.6 is 27.5 Å². The number of hydrogen-bond acceptors (Lipinski definition) is 3. The van der Waals surface area contributed by atoms with Gasteiger partial charge in [-0.3, -0.25) is 4.79 Å². The van der Waals surface area contributed by atoms with Gasteiger partial charge in [0.2, 0.25) is 0 Å². The first-order chi connectivity index (χ1) is 9.77. The summed E-state index contributed by atoms with van der Waals surface area (Å²) in [6, 6.07) is 10.9. The third-order valence-corrected chi connectivity index (χ3v) is 4.61. The van der Waals surface area contributed by atoms with Gasteiger partial charge in [0.1, 0.15) is 0 Å². The summed E-state index contributed by atoms with van der Waals surface area (Å²) in [6.07, 6.45) is 1.11. The van der Waals surface area contributed by atoms with Crippen molar-refractivity contribution in [3.63, 3.8) is 0 Å². The second-order valence-electron chi connectivity index (χ2n) is 4.38. The van der Waals surface area contributed by atoms with E-state index >= 15 is 0 Å². The van der Waals surface area contributed by atoms with Gasteiger partial charge in [0.25, 0.3) is 5.91 Å². The van der Waals surface area contributed by atoms with E-state index in [-0.39, 0.29) is 4.90 Å². The molecule has 0 aliphatic rings. The van der Waals surface area contributed by atoms with Crippen LogP contribution in [0.4, 0.5) is 5.69 Å². The molecule has 0 atom stereocenters. The van der Waals surface area contributed by atoms with E-state index in [2.05, 4.69) is 21.2 Å². The zero-order valence-corrected chi connectivity index (χ0v) is 14.1. The van der Waals surface area contributed by atoms with Crippen LogP contribution in [0.15, 0.2) is 51.8 Å². The van der Waals surface area contributed by atoms with Crippen molar-refractivity contribution in [3.8, 4) is 0 Å². The van der Waals surface area contributed by atoms with Gasteiger partial charge >= 0.3 is 0 Å². The highest BCUT2D eigenvalue weighted by molar-refractivity contribution is 9.10. The maximum Gasteiger partial charge on any atom is 0.257 e. The summed E-state index contributed by atoms with van der Waals surface area (Å²) in [6.45, 7) is 0. The normalized spacial score (nSPS) is 11.2. The Morgan fingerprint density at radius 2 is 1.90 bits per heavy atom. The number of carbonyl (C=O) groups excluding carboxylic acids is 1. The molecule has 7 heteroatoms. The Kier molecular flexibility index (Phi) is 4.70. The Morgan fingerprint density at radius 1 is 1.19 bits per heavy atom. The SMILES string of the molecule is CS(=O)(=O)c1cccc(NC(=O)c2ccc(Br)cc2Cl)c1. The zero-order chi connectivity index (χ0) is 15.6. The zero-order valence-electron chi connectivity index (χ0n) is 10.9. The smallest absolute Gasteiger partial charge is 0.257 e. The lowest BCUT2D eigenvalue weighted by Crippen LogP contribution is -2.12. The van der Waals surface area contributed by atoms with Gasteiger partial charge in [0.15, 0.2) is 9.84 Å². The Hall–Kier alpha value is -1.37. The Balaban J connectivity index is 2.28. The summed E-state index contributed by atoms with van der Waals surface area (Å²) in [4.78, 5) is 12.3. The van der Waals surface area contributed by atoms with Gasteiger partial charge in [0.05, 0.1) is 15.5 Å². The highest BCUT2D eigenvalue weighted by Gasteiger charge is 2.12. The second-order valence-corrected chi connectivity index (χ2v) is 7.72. The number of anilines is 1. The van der Waals surface area contributed by atoms with E-state index in [0.717, 1.165) is 10.7 Å². The summed E-state index contributed by atoms with van der Waals surface area (Å²) >= 11 is 9.27. The fourth-order valence-electron chi connectivity index (χ4n) is 1.68. The molecule has 1 amide bonds. The van der Waals surface area contributed by atoms with E-state index in [1.807, 2.05) is 0 Å². The van der Waals surface area contributed by atoms with Crippen LogP contribution in [-0.4, -0.2) is 20.6 Å². The summed E-state index contributed by atoms with van der Waals surface area (Å²) in [5.74, 6) is -0.404. The molecule has 0 fully saturated rings. The molecule has 0 spiro atoms. The minimum Gasteiger partial charge on any atom is -0.322 e. The molecule has 2 aromatic carbocycles. The third-order valence-electron chi connectivity index (χ3n) is 2.70. The monoisotopic (exact) mass is 387 g/mol. The van der Waals surface area contributed by atoms with E-state index in [1.54, 1.807) is 30.3 Å². The molecule has 0 radical (unpaired) electrons. The minimum absolute atomic E-state index is 0.141. The predicted molar refractivity (Wildman–Crippen MR) is 86.7 cm³/mol. The first-order valence-electron chi connectivity index (χ1n) is 5.84. The molecule has 0 saturated carbocycles. The number of benzene rings is 2. The average Bonchev–Trinajstić information content (AvgIpc) is 2.37. The molecule has 1 N–H and O–H groups in total. The minimum atomic E-state index is -3.32. The third kappa shape index (κ3) is 4.06. The molecule has 110 valence electrons. The number of halogens is 2. The van der Waals surface area contributed by atoms with Crippen molar-refractivity contribution in [1.82, 2.24) is 0 Å². The van der Waals surface area contributed by atoms with Crippen LogP contribution in [0.3, 0.4) is 0 Å². The van der Waals surface area contributed by atoms with Gasteiger partial charge in [-0.1, -0.05) is 33.6 Å². The molecule has 4 nitrogen and oxygen atoms in total.